The predicted molar refractivity (Wildman–Crippen MR) is 113 cm³/mol. The second-order valence-electron chi connectivity index (χ2n) is 6.37. The van der Waals surface area contributed by atoms with Crippen LogP contribution in [-0.4, -0.2) is 28.0 Å². The fraction of sp³-hybridized carbons (Fsp3) is 0.273. The van der Waals surface area contributed by atoms with Crippen LogP contribution in [0, 0.1) is 13.8 Å². The van der Waals surface area contributed by atoms with E-state index in [1.165, 1.54) is 11.8 Å². The molecule has 0 aliphatic rings. The summed E-state index contributed by atoms with van der Waals surface area (Å²) in [6, 6.07) is 17.8. The van der Waals surface area contributed by atoms with Gasteiger partial charge in [-0.3, -0.25) is 4.79 Å². The number of hydrogen-bond acceptors (Lipinski definition) is 4. The Balaban J connectivity index is 1.55. The first kappa shape index (κ1) is 20.0. The van der Waals surface area contributed by atoms with Gasteiger partial charge in [-0.15, -0.1) is 11.8 Å². The number of aryl methyl sites for hydroxylation is 1. The molecule has 0 unspecified atom stereocenters. The number of nitrogens with zero attached hydrogens (tertiary/aromatic N) is 2. The van der Waals surface area contributed by atoms with E-state index in [0.717, 1.165) is 33.3 Å². The minimum Gasteiger partial charge on any atom is -0.494 e. The average Bonchev–Trinajstić information content (AvgIpc) is 3.00. The van der Waals surface area contributed by atoms with Crippen molar-refractivity contribution in [1.82, 2.24) is 15.1 Å². The Morgan fingerprint density at radius 3 is 2.50 bits per heavy atom. The Morgan fingerprint density at radius 1 is 1.11 bits per heavy atom. The number of carbonyl (C=O) groups is 1. The summed E-state index contributed by atoms with van der Waals surface area (Å²) in [5.41, 5.74) is 4.05. The van der Waals surface area contributed by atoms with Gasteiger partial charge in [-0.25, -0.2) is 4.68 Å². The molecule has 5 nitrogen and oxygen atoms in total. The normalized spacial score (nSPS) is 10.7. The number of carbonyl (C=O) groups excluding carboxylic acids is 1. The summed E-state index contributed by atoms with van der Waals surface area (Å²) in [7, 11) is 0. The zero-order chi connectivity index (χ0) is 19.9. The van der Waals surface area contributed by atoms with Crippen LogP contribution in [0.25, 0.3) is 5.69 Å². The average molecular weight is 396 g/mol. The number of rotatable bonds is 8. The highest BCUT2D eigenvalue weighted by Crippen LogP contribution is 2.22. The minimum atomic E-state index is 0.00476. The van der Waals surface area contributed by atoms with Crippen LogP contribution in [0.5, 0.6) is 5.75 Å². The van der Waals surface area contributed by atoms with Gasteiger partial charge in [0.2, 0.25) is 5.91 Å². The van der Waals surface area contributed by atoms with Gasteiger partial charge in [0.15, 0.2) is 0 Å². The molecular formula is C22H25N3O2S. The molecule has 0 spiro atoms. The Hall–Kier alpha value is -2.73. The maximum absolute atomic E-state index is 12.3. The van der Waals surface area contributed by atoms with Crippen molar-refractivity contribution in [3.05, 3.63) is 71.5 Å². The van der Waals surface area contributed by atoms with Crippen molar-refractivity contribution in [3.8, 4) is 11.4 Å². The number of hydrogen-bond donors (Lipinski definition) is 1. The van der Waals surface area contributed by atoms with Crippen molar-refractivity contribution < 1.29 is 9.53 Å². The van der Waals surface area contributed by atoms with E-state index in [-0.39, 0.29) is 5.91 Å². The first-order valence-electron chi connectivity index (χ1n) is 9.31. The largest absolute Gasteiger partial charge is 0.494 e. The van der Waals surface area contributed by atoms with Gasteiger partial charge in [0.25, 0.3) is 0 Å². The molecule has 1 N–H and O–H groups in total. The van der Waals surface area contributed by atoms with E-state index < -0.39 is 0 Å². The van der Waals surface area contributed by atoms with Crippen LogP contribution in [0.1, 0.15) is 23.9 Å². The van der Waals surface area contributed by atoms with E-state index in [9.17, 15) is 4.79 Å². The number of thioether (sulfide) groups is 1. The molecule has 1 heterocycles. The van der Waals surface area contributed by atoms with Crippen LogP contribution in [0.3, 0.4) is 0 Å². The molecule has 2 aromatic carbocycles. The van der Waals surface area contributed by atoms with Crippen LogP contribution in [0.2, 0.25) is 0 Å². The summed E-state index contributed by atoms with van der Waals surface area (Å²) >= 11 is 1.51. The lowest BCUT2D eigenvalue weighted by Crippen LogP contribution is -2.25. The maximum atomic E-state index is 12.3. The second kappa shape index (κ2) is 9.46. The van der Waals surface area contributed by atoms with Gasteiger partial charge in [0.1, 0.15) is 5.75 Å². The Morgan fingerprint density at radius 2 is 1.82 bits per heavy atom. The van der Waals surface area contributed by atoms with Crippen LogP contribution in [0.4, 0.5) is 0 Å². The molecule has 0 saturated carbocycles. The quantitative estimate of drug-likeness (QED) is 0.578. The van der Waals surface area contributed by atoms with Crippen LogP contribution in [-0.2, 0) is 11.3 Å². The van der Waals surface area contributed by atoms with Gasteiger partial charge in [-0.2, -0.15) is 5.10 Å². The standard InChI is InChI=1S/C22H25N3O2S/c1-4-27-19-10-12-20(13-11-19)28-15-22(26)23-14-21-16(2)24-25(17(21)3)18-8-6-5-7-9-18/h5-13H,4,14-15H2,1-3H3,(H,23,26). The highest BCUT2D eigenvalue weighted by atomic mass is 32.2. The molecule has 0 aliphatic carbocycles. The van der Waals surface area contributed by atoms with Crippen molar-refractivity contribution in [1.29, 1.82) is 0 Å². The molecule has 3 aromatic rings. The Labute approximate surface area is 170 Å². The smallest absolute Gasteiger partial charge is 0.230 e. The summed E-state index contributed by atoms with van der Waals surface area (Å²) < 4.78 is 7.36. The molecule has 0 atom stereocenters. The number of amides is 1. The molecule has 1 aromatic heterocycles. The van der Waals surface area contributed by atoms with Crippen molar-refractivity contribution in [2.24, 2.45) is 0 Å². The molecule has 0 bridgehead atoms. The first-order chi connectivity index (χ1) is 13.6. The minimum absolute atomic E-state index is 0.00476. The van der Waals surface area contributed by atoms with Gasteiger partial charge in [-0.1, -0.05) is 18.2 Å². The topological polar surface area (TPSA) is 56.1 Å². The molecule has 6 heteroatoms. The van der Waals surface area contributed by atoms with Gasteiger partial charge in [0.05, 0.1) is 23.7 Å². The van der Waals surface area contributed by atoms with Gasteiger partial charge >= 0.3 is 0 Å². The van der Waals surface area contributed by atoms with Crippen molar-refractivity contribution in [2.75, 3.05) is 12.4 Å². The molecule has 0 radical (unpaired) electrons. The molecule has 0 saturated heterocycles. The number of para-hydroxylation sites is 1. The Bertz CT molecular complexity index is 921. The van der Waals surface area contributed by atoms with Crippen LogP contribution < -0.4 is 10.1 Å². The highest BCUT2D eigenvalue weighted by molar-refractivity contribution is 8.00. The monoisotopic (exact) mass is 395 g/mol. The summed E-state index contributed by atoms with van der Waals surface area (Å²) in [4.78, 5) is 13.3. The molecule has 0 aliphatic heterocycles. The lowest BCUT2D eigenvalue weighted by atomic mass is 10.2. The van der Waals surface area contributed by atoms with Crippen LogP contribution >= 0.6 is 11.8 Å². The van der Waals surface area contributed by atoms with Crippen LogP contribution in [0.15, 0.2) is 59.5 Å². The molecule has 1 amide bonds. The van der Waals surface area contributed by atoms with Gasteiger partial charge in [0, 0.05) is 22.7 Å². The molecular weight excluding hydrogens is 370 g/mol. The zero-order valence-corrected chi connectivity index (χ0v) is 17.3. The summed E-state index contributed by atoms with van der Waals surface area (Å²) in [6.07, 6.45) is 0. The van der Waals surface area contributed by atoms with E-state index in [0.29, 0.717) is 18.9 Å². The van der Waals surface area contributed by atoms with E-state index in [2.05, 4.69) is 10.4 Å². The highest BCUT2D eigenvalue weighted by Gasteiger charge is 2.13. The fourth-order valence-corrected chi connectivity index (χ4v) is 3.67. The SMILES string of the molecule is CCOc1ccc(SCC(=O)NCc2c(C)nn(-c3ccccc3)c2C)cc1. The van der Waals surface area contributed by atoms with Gasteiger partial charge < -0.3 is 10.1 Å². The van der Waals surface area contributed by atoms with E-state index in [1.54, 1.807) is 0 Å². The second-order valence-corrected chi connectivity index (χ2v) is 7.42. The van der Waals surface area contributed by atoms with E-state index >= 15 is 0 Å². The number of benzene rings is 2. The zero-order valence-electron chi connectivity index (χ0n) is 16.4. The fourth-order valence-electron chi connectivity index (χ4n) is 2.94. The van der Waals surface area contributed by atoms with E-state index in [4.69, 9.17) is 4.74 Å². The van der Waals surface area contributed by atoms with E-state index in [1.807, 2.05) is 80.1 Å². The molecule has 3 rings (SSSR count). The summed E-state index contributed by atoms with van der Waals surface area (Å²) in [6.45, 7) is 7.09. The third-order valence-corrected chi connectivity index (χ3v) is 5.42. The predicted octanol–water partition coefficient (Wildman–Crippen LogP) is 4.30. The number of ether oxygens (including phenoxy) is 1. The summed E-state index contributed by atoms with van der Waals surface area (Å²) in [5, 5.41) is 7.63. The van der Waals surface area contributed by atoms with Gasteiger partial charge in [-0.05, 0) is 57.2 Å². The number of aromatic nitrogens is 2. The summed E-state index contributed by atoms with van der Waals surface area (Å²) in [5.74, 6) is 1.22. The first-order valence-corrected chi connectivity index (χ1v) is 10.3. The third kappa shape index (κ3) is 4.95. The maximum Gasteiger partial charge on any atom is 0.230 e. The third-order valence-electron chi connectivity index (χ3n) is 4.41. The van der Waals surface area contributed by atoms with Crippen molar-refractivity contribution >= 4 is 17.7 Å². The molecule has 28 heavy (non-hydrogen) atoms. The lowest BCUT2D eigenvalue weighted by molar-refractivity contribution is -0.118. The Kier molecular flexibility index (Phi) is 6.76. The van der Waals surface area contributed by atoms with Crippen molar-refractivity contribution in [2.45, 2.75) is 32.2 Å². The number of nitrogens with one attached hydrogen (secondary N) is 1. The molecule has 146 valence electrons. The molecule has 0 fully saturated rings. The van der Waals surface area contributed by atoms with Crippen molar-refractivity contribution in [3.63, 3.8) is 0 Å². The lowest BCUT2D eigenvalue weighted by Gasteiger charge is -2.08.